The number of fused-ring (bicyclic) bond motifs is 5. The molecule has 33 atom stereocenters. The van der Waals surface area contributed by atoms with Crippen molar-refractivity contribution in [1.29, 1.82) is 0 Å². The first-order valence-corrected chi connectivity index (χ1v) is 31.2. The van der Waals surface area contributed by atoms with Crippen molar-refractivity contribution in [3.05, 3.63) is 23.3 Å². The highest BCUT2D eigenvalue weighted by Gasteiger charge is 2.64. The summed E-state index contributed by atoms with van der Waals surface area (Å²) >= 11 is 0. The maximum absolute atomic E-state index is 13.8. The van der Waals surface area contributed by atoms with E-state index in [0.717, 1.165) is 11.1 Å². The number of ether oxygens (including phenoxy) is 11. The second-order valence-electron chi connectivity index (χ2n) is 26.2. The summed E-state index contributed by atoms with van der Waals surface area (Å²) in [6.45, 7) is 14.8. The van der Waals surface area contributed by atoms with Crippen LogP contribution >= 0.6 is 0 Å². The third-order valence-electron chi connectivity index (χ3n) is 20.5. The molecule has 85 heavy (non-hydrogen) atoms. The van der Waals surface area contributed by atoms with Crippen LogP contribution in [-0.4, -0.2) is 254 Å². The number of Topliss-reactive ketones (excluding diaryl/α,β-unsaturated/α-hetero) is 1. The second-order valence-corrected chi connectivity index (χ2v) is 27.3. The molecule has 27 nitrogen and oxygen atoms in total. The number of methoxy groups -OCH3 is 1. The fourth-order valence-electron chi connectivity index (χ4n) is 15.5. The van der Waals surface area contributed by atoms with Gasteiger partial charge in [-0.3, -0.25) is 9.35 Å². The van der Waals surface area contributed by atoms with Gasteiger partial charge in [0.2, 0.25) is 0 Å². The lowest BCUT2D eigenvalue weighted by Gasteiger charge is -2.60. The molecule has 0 amide bonds. The van der Waals surface area contributed by atoms with Crippen LogP contribution < -0.4 is 0 Å². The SMILES string of the molecule is COC1C(O)C(C)OC(OC2C(OC3C(O)C(C)OC(OC4CC5C(=CCC6(C)C5CCC6C(C)(O)C(=O)CC=C(C)C)C5(C)CCC(OS(=O)(=O)O)CC45)C3O)OCC(OC3OC(C)C(O)C(O)C3OC3OC(C)C(O)C(O)C3O)C2O)C1O. The van der Waals surface area contributed by atoms with E-state index in [1.807, 2.05) is 19.9 Å². The van der Waals surface area contributed by atoms with Gasteiger partial charge in [-0.05, 0) is 122 Å². The number of hydrogen-bond donors (Lipinski definition) is 12. The lowest BCUT2D eigenvalue weighted by Crippen LogP contribution is -2.67. The highest BCUT2D eigenvalue weighted by Crippen LogP contribution is 2.67. The Hall–Kier alpha value is -1.86. The van der Waals surface area contributed by atoms with Crippen LogP contribution in [0.25, 0.3) is 0 Å². The fourth-order valence-corrected chi connectivity index (χ4v) is 16.0. The number of carbonyl (C=O) groups excluding carboxylic acids is 1. The Bertz CT molecular complexity index is 2480. The molecule has 0 aromatic heterocycles. The molecule has 0 bridgehead atoms. The van der Waals surface area contributed by atoms with Gasteiger partial charge in [0.1, 0.15) is 97.2 Å². The first kappa shape index (κ1) is 67.5. The summed E-state index contributed by atoms with van der Waals surface area (Å²) in [7, 11) is -3.63. The Morgan fingerprint density at radius 3 is 1.78 bits per heavy atom. The number of aliphatic hydroxyl groups excluding tert-OH is 10. The topological polar surface area (TPSA) is 405 Å². The largest absolute Gasteiger partial charge is 0.397 e. The van der Waals surface area contributed by atoms with Crippen LogP contribution in [0.2, 0.25) is 0 Å². The van der Waals surface area contributed by atoms with E-state index in [0.29, 0.717) is 32.1 Å². The van der Waals surface area contributed by atoms with Gasteiger partial charge in [0, 0.05) is 19.4 Å². The fraction of sp³-hybridized carbons (Fsp3) is 0.912. The van der Waals surface area contributed by atoms with Crippen molar-refractivity contribution in [1.82, 2.24) is 0 Å². The number of rotatable bonds is 17. The molecule has 5 aliphatic heterocycles. The summed E-state index contributed by atoms with van der Waals surface area (Å²) in [6, 6.07) is 0. The van der Waals surface area contributed by atoms with E-state index < -0.39 is 205 Å². The van der Waals surface area contributed by atoms with E-state index >= 15 is 0 Å². The normalized spacial score (nSPS) is 51.1. The molecule has 5 saturated heterocycles. The Morgan fingerprint density at radius 2 is 1.16 bits per heavy atom. The number of carbonyl (C=O) groups is 1. The van der Waals surface area contributed by atoms with Crippen molar-refractivity contribution in [3.63, 3.8) is 0 Å². The third-order valence-corrected chi connectivity index (χ3v) is 21.0. The molecule has 9 aliphatic rings. The van der Waals surface area contributed by atoms with E-state index in [1.54, 1.807) is 6.92 Å². The first-order valence-electron chi connectivity index (χ1n) is 29.8. The highest BCUT2D eigenvalue weighted by molar-refractivity contribution is 7.80. The summed E-state index contributed by atoms with van der Waals surface area (Å²) in [6.07, 6.45) is -32.4. The Kier molecular flexibility index (Phi) is 20.7. The number of aliphatic hydroxyl groups is 11. The van der Waals surface area contributed by atoms with Gasteiger partial charge >= 0.3 is 10.4 Å². The van der Waals surface area contributed by atoms with Gasteiger partial charge in [-0.15, -0.1) is 0 Å². The van der Waals surface area contributed by atoms with Crippen LogP contribution in [0.5, 0.6) is 0 Å². The van der Waals surface area contributed by atoms with Crippen LogP contribution in [0.15, 0.2) is 23.3 Å². The predicted molar refractivity (Wildman–Crippen MR) is 289 cm³/mol. The van der Waals surface area contributed by atoms with E-state index in [9.17, 15) is 73.9 Å². The molecule has 12 N–H and O–H groups in total. The zero-order valence-corrected chi connectivity index (χ0v) is 50.6. The van der Waals surface area contributed by atoms with E-state index in [4.69, 9.17) is 56.3 Å². The molecule has 4 aliphatic carbocycles. The quantitative estimate of drug-likeness (QED) is 0.0609. The Balaban J connectivity index is 0.988. The van der Waals surface area contributed by atoms with Crippen molar-refractivity contribution < 1.29 is 130 Å². The molecule has 8 fully saturated rings. The first-order chi connectivity index (χ1) is 39.7. The van der Waals surface area contributed by atoms with Gasteiger partial charge < -0.3 is 108 Å². The van der Waals surface area contributed by atoms with Crippen LogP contribution in [0.1, 0.15) is 114 Å². The second kappa shape index (κ2) is 26.0. The van der Waals surface area contributed by atoms with Crippen molar-refractivity contribution in [3.8, 4) is 0 Å². The van der Waals surface area contributed by atoms with Crippen molar-refractivity contribution >= 4 is 16.2 Å². The zero-order chi connectivity index (χ0) is 62.3. The van der Waals surface area contributed by atoms with Gasteiger partial charge in [0.05, 0.1) is 43.2 Å². The lowest BCUT2D eigenvalue weighted by molar-refractivity contribution is -0.398. The minimum absolute atomic E-state index is 0.0450. The smallest absolute Gasteiger partial charge is 0.388 e. The Labute approximate surface area is 495 Å². The molecule has 3 saturated carbocycles. The standard InChI is InChI=1S/C57H92O27S/c1-22(2)11-14-35(58)57(9,69)34-13-12-29-28-20-32(31-19-27(84-85(70,71)72)15-17-55(31,7)30(28)16-18-56(29,34)8)79-51-45(68)47(39(62)26(6)76-51)81-53-48(82-52-44(67)46(73-10)38(61)25(5)77-52)40(63)33(21-74-53)80-54-49(42(65)37(60)24(4)78-54)83-50-43(66)41(64)36(59)23(3)75-50/h11,16,23-29,31-34,36-54,59-69H,12-15,17-21H2,1-10H3,(H,70,71,72). The maximum Gasteiger partial charge on any atom is 0.397 e. The van der Waals surface area contributed by atoms with Crippen LogP contribution in [0.4, 0.5) is 0 Å². The molecule has 0 spiro atoms. The third kappa shape index (κ3) is 13.2. The van der Waals surface area contributed by atoms with Crippen molar-refractivity contribution in [2.24, 2.45) is 34.5 Å². The molecular formula is C57H92O27S. The molecule has 488 valence electrons. The summed E-state index contributed by atoms with van der Waals surface area (Å²) < 4.78 is 107. The van der Waals surface area contributed by atoms with Crippen LogP contribution in [0, 0.1) is 34.5 Å². The number of ketones is 1. The molecule has 33 unspecified atom stereocenters. The van der Waals surface area contributed by atoms with Gasteiger partial charge in [-0.25, -0.2) is 4.18 Å². The minimum Gasteiger partial charge on any atom is -0.388 e. The van der Waals surface area contributed by atoms with Gasteiger partial charge in [0.25, 0.3) is 0 Å². The Morgan fingerprint density at radius 1 is 0.635 bits per heavy atom. The predicted octanol–water partition coefficient (Wildman–Crippen LogP) is -1.07. The molecule has 28 heteroatoms. The molecule has 9 rings (SSSR count). The summed E-state index contributed by atoms with van der Waals surface area (Å²) in [5.41, 5.74) is -0.724. The molecule has 0 radical (unpaired) electrons. The average molecular weight is 1240 g/mol. The van der Waals surface area contributed by atoms with Gasteiger partial charge in [0.15, 0.2) is 37.2 Å². The van der Waals surface area contributed by atoms with Crippen molar-refractivity contribution in [2.45, 2.75) is 279 Å². The molecule has 0 aromatic rings. The van der Waals surface area contributed by atoms with E-state index in [2.05, 4.69) is 19.9 Å². The maximum atomic E-state index is 13.8. The van der Waals surface area contributed by atoms with E-state index in [1.165, 1.54) is 34.8 Å². The summed E-state index contributed by atoms with van der Waals surface area (Å²) in [4.78, 5) is 13.8. The molecule has 0 aromatic carbocycles. The number of allylic oxidation sites excluding steroid dienone is 4. The van der Waals surface area contributed by atoms with Crippen LogP contribution in [0.3, 0.4) is 0 Å². The molecule has 5 heterocycles. The van der Waals surface area contributed by atoms with Crippen molar-refractivity contribution in [2.75, 3.05) is 13.7 Å². The average Bonchev–Trinajstić information content (AvgIpc) is 2.00. The summed E-state index contributed by atoms with van der Waals surface area (Å²) in [5, 5.41) is 125. The van der Waals surface area contributed by atoms with Crippen LogP contribution in [-0.2, 0) is 71.5 Å². The van der Waals surface area contributed by atoms with E-state index in [-0.39, 0.29) is 36.9 Å². The zero-order valence-electron chi connectivity index (χ0n) is 49.7. The lowest BCUT2D eigenvalue weighted by atomic mass is 9.47. The van der Waals surface area contributed by atoms with Gasteiger partial charge in [-0.2, -0.15) is 8.42 Å². The highest BCUT2D eigenvalue weighted by atomic mass is 32.3. The minimum atomic E-state index is -4.88. The monoisotopic (exact) mass is 1240 g/mol. The number of hydrogen-bond acceptors (Lipinski definition) is 26. The summed E-state index contributed by atoms with van der Waals surface area (Å²) in [5.74, 6) is -1.38. The molecular weight excluding hydrogens is 1150 g/mol. The van der Waals surface area contributed by atoms with Gasteiger partial charge in [-0.1, -0.05) is 37.1 Å².